The molecule has 0 N–H and O–H groups in total. The summed E-state index contributed by atoms with van der Waals surface area (Å²) in [5.41, 5.74) is 0.0347. The number of nitriles is 1. The molecule has 0 radical (unpaired) electrons. The first-order valence-electron chi connectivity index (χ1n) is 5.74. The van der Waals surface area contributed by atoms with Gasteiger partial charge < -0.3 is 14.4 Å². The predicted molar refractivity (Wildman–Crippen MR) is 61.9 cm³/mol. The molecule has 5 nitrogen and oxygen atoms in total. The summed E-state index contributed by atoms with van der Waals surface area (Å²) in [7, 11) is 0. The van der Waals surface area contributed by atoms with E-state index in [4.69, 9.17) is 14.7 Å². The van der Waals surface area contributed by atoms with Gasteiger partial charge in [-0.25, -0.2) is 4.79 Å². The molecule has 2 unspecified atom stereocenters. The number of carbonyl (C=O) groups is 1. The Bertz CT molecular complexity index is 336. The highest BCUT2D eigenvalue weighted by atomic mass is 16.5. The Labute approximate surface area is 102 Å². The average Bonchev–Trinajstić information content (AvgIpc) is 2.29. The third-order valence-electron chi connectivity index (χ3n) is 2.63. The van der Waals surface area contributed by atoms with E-state index in [1.807, 2.05) is 24.8 Å². The molecule has 94 valence electrons. The Balaban J connectivity index is 2.82. The van der Waals surface area contributed by atoms with E-state index >= 15 is 0 Å². The molecule has 0 aromatic rings. The molecule has 0 spiro atoms. The summed E-state index contributed by atoms with van der Waals surface area (Å²) < 4.78 is 10.2. The van der Waals surface area contributed by atoms with Crippen molar-refractivity contribution in [2.24, 2.45) is 0 Å². The largest absolute Gasteiger partial charge is 0.462 e. The number of rotatable bonds is 3. The van der Waals surface area contributed by atoms with E-state index in [2.05, 4.69) is 0 Å². The van der Waals surface area contributed by atoms with Crippen molar-refractivity contribution in [2.75, 3.05) is 19.8 Å². The van der Waals surface area contributed by atoms with Crippen LogP contribution in [0.2, 0.25) is 0 Å². The quantitative estimate of drug-likeness (QED) is 0.418. The minimum absolute atomic E-state index is 0.0347. The van der Waals surface area contributed by atoms with Crippen LogP contribution in [0.15, 0.2) is 11.8 Å². The van der Waals surface area contributed by atoms with Crippen LogP contribution in [-0.4, -0.2) is 42.8 Å². The van der Waals surface area contributed by atoms with Gasteiger partial charge >= 0.3 is 5.97 Å². The summed E-state index contributed by atoms with van der Waals surface area (Å²) in [6.07, 6.45) is 1.58. The number of nitrogens with zero attached hydrogens (tertiary/aromatic N) is 2. The highest BCUT2D eigenvalue weighted by Crippen LogP contribution is 2.15. The van der Waals surface area contributed by atoms with E-state index in [9.17, 15) is 4.79 Å². The van der Waals surface area contributed by atoms with Crippen molar-refractivity contribution >= 4 is 5.97 Å². The smallest absolute Gasteiger partial charge is 0.350 e. The van der Waals surface area contributed by atoms with Crippen LogP contribution in [-0.2, 0) is 14.3 Å². The monoisotopic (exact) mass is 238 g/mol. The molecule has 0 aromatic heterocycles. The first-order valence-corrected chi connectivity index (χ1v) is 5.74. The maximum atomic E-state index is 11.5. The Hall–Kier alpha value is -1.54. The SMILES string of the molecule is CCOC(=O)/C(C#N)=C/N1C(C)COCC1C. The fourth-order valence-electron chi connectivity index (χ4n) is 1.76. The average molecular weight is 238 g/mol. The number of esters is 1. The molecule has 0 aromatic carbocycles. The number of hydrogen-bond donors (Lipinski definition) is 0. The van der Waals surface area contributed by atoms with Gasteiger partial charge in [0.25, 0.3) is 0 Å². The summed E-state index contributed by atoms with van der Waals surface area (Å²) in [6, 6.07) is 2.18. The van der Waals surface area contributed by atoms with Crippen LogP contribution >= 0.6 is 0 Å². The van der Waals surface area contributed by atoms with Crippen molar-refractivity contribution in [3.8, 4) is 6.07 Å². The van der Waals surface area contributed by atoms with Crippen molar-refractivity contribution in [1.29, 1.82) is 5.26 Å². The molecule has 0 aliphatic carbocycles. The Morgan fingerprint density at radius 1 is 1.53 bits per heavy atom. The van der Waals surface area contributed by atoms with Crippen molar-refractivity contribution in [3.63, 3.8) is 0 Å². The molecule has 1 rings (SSSR count). The van der Waals surface area contributed by atoms with Crippen molar-refractivity contribution in [2.45, 2.75) is 32.9 Å². The highest BCUT2D eigenvalue weighted by molar-refractivity contribution is 5.92. The fourth-order valence-corrected chi connectivity index (χ4v) is 1.76. The lowest BCUT2D eigenvalue weighted by Crippen LogP contribution is -2.46. The number of carbonyl (C=O) groups excluding carboxylic acids is 1. The highest BCUT2D eigenvalue weighted by Gasteiger charge is 2.24. The zero-order chi connectivity index (χ0) is 12.8. The minimum atomic E-state index is -0.569. The van der Waals surface area contributed by atoms with Gasteiger partial charge in [-0.2, -0.15) is 5.26 Å². The summed E-state index contributed by atoms with van der Waals surface area (Å²) >= 11 is 0. The molecule has 5 heteroatoms. The normalized spacial score (nSPS) is 25.3. The third-order valence-corrected chi connectivity index (χ3v) is 2.63. The predicted octanol–water partition coefficient (Wildman–Crippen LogP) is 1.07. The Morgan fingerprint density at radius 2 is 2.12 bits per heavy atom. The van der Waals surface area contributed by atoms with Gasteiger partial charge in [-0.1, -0.05) is 0 Å². The van der Waals surface area contributed by atoms with E-state index < -0.39 is 5.97 Å². The van der Waals surface area contributed by atoms with Gasteiger partial charge in [-0.15, -0.1) is 0 Å². The second kappa shape index (κ2) is 6.26. The molecular weight excluding hydrogens is 220 g/mol. The topological polar surface area (TPSA) is 62.6 Å². The van der Waals surface area contributed by atoms with Gasteiger partial charge in [0, 0.05) is 18.3 Å². The zero-order valence-electron chi connectivity index (χ0n) is 10.5. The van der Waals surface area contributed by atoms with Gasteiger partial charge in [0.15, 0.2) is 5.57 Å². The molecule has 0 amide bonds. The van der Waals surface area contributed by atoms with Crippen LogP contribution in [0.1, 0.15) is 20.8 Å². The Kier molecular flexibility index (Phi) is 4.98. The lowest BCUT2D eigenvalue weighted by molar-refractivity contribution is -0.138. The van der Waals surface area contributed by atoms with Crippen LogP contribution in [0, 0.1) is 11.3 Å². The number of ether oxygens (including phenoxy) is 2. The lowest BCUT2D eigenvalue weighted by Gasteiger charge is -2.38. The fraction of sp³-hybridized carbons (Fsp3) is 0.667. The molecule has 2 atom stereocenters. The standard InChI is InChI=1S/C12H18N2O3/c1-4-17-12(15)11(5-13)6-14-9(2)7-16-8-10(14)3/h6,9-10H,4,7-8H2,1-3H3/b11-6+. The summed E-state index contributed by atoms with van der Waals surface area (Å²) in [4.78, 5) is 13.5. The maximum absolute atomic E-state index is 11.5. The van der Waals surface area contributed by atoms with Crippen LogP contribution in [0.5, 0.6) is 0 Å². The van der Waals surface area contributed by atoms with Crippen molar-refractivity contribution < 1.29 is 14.3 Å². The van der Waals surface area contributed by atoms with Gasteiger partial charge in [0.1, 0.15) is 6.07 Å². The molecule has 0 saturated carbocycles. The van der Waals surface area contributed by atoms with Crippen molar-refractivity contribution in [1.82, 2.24) is 4.90 Å². The summed E-state index contributed by atoms with van der Waals surface area (Å²) in [5, 5.41) is 8.95. The Morgan fingerprint density at radius 3 is 2.59 bits per heavy atom. The summed E-state index contributed by atoms with van der Waals surface area (Å²) in [6.45, 7) is 7.17. The maximum Gasteiger partial charge on any atom is 0.350 e. The van der Waals surface area contributed by atoms with Crippen LogP contribution in [0.25, 0.3) is 0 Å². The molecule has 1 heterocycles. The van der Waals surface area contributed by atoms with Crippen LogP contribution in [0.4, 0.5) is 0 Å². The second-order valence-corrected chi connectivity index (χ2v) is 4.06. The third kappa shape index (κ3) is 3.46. The lowest BCUT2D eigenvalue weighted by atomic mass is 10.1. The molecule has 1 fully saturated rings. The molecule has 1 saturated heterocycles. The van der Waals surface area contributed by atoms with Gasteiger partial charge in [0.05, 0.1) is 19.8 Å². The van der Waals surface area contributed by atoms with Crippen molar-refractivity contribution in [3.05, 3.63) is 11.8 Å². The van der Waals surface area contributed by atoms with Gasteiger partial charge in [-0.3, -0.25) is 0 Å². The zero-order valence-corrected chi connectivity index (χ0v) is 10.5. The molecule has 17 heavy (non-hydrogen) atoms. The molecule has 1 aliphatic rings. The molecule has 0 bridgehead atoms. The van der Waals surface area contributed by atoms with E-state index in [0.717, 1.165) is 0 Å². The van der Waals surface area contributed by atoms with E-state index in [-0.39, 0.29) is 24.3 Å². The first kappa shape index (κ1) is 13.5. The number of hydrogen-bond acceptors (Lipinski definition) is 5. The second-order valence-electron chi connectivity index (χ2n) is 4.06. The van der Waals surface area contributed by atoms with E-state index in [0.29, 0.717) is 13.2 Å². The van der Waals surface area contributed by atoms with E-state index in [1.54, 1.807) is 13.1 Å². The molecule has 1 aliphatic heterocycles. The van der Waals surface area contributed by atoms with Gasteiger partial charge in [-0.05, 0) is 20.8 Å². The van der Waals surface area contributed by atoms with E-state index in [1.165, 1.54) is 0 Å². The van der Waals surface area contributed by atoms with Gasteiger partial charge in [0.2, 0.25) is 0 Å². The first-order chi connectivity index (χ1) is 8.10. The number of morpholine rings is 1. The molecular formula is C12H18N2O3. The summed E-state index contributed by atoms with van der Waals surface area (Å²) in [5.74, 6) is -0.569. The minimum Gasteiger partial charge on any atom is -0.462 e. The van der Waals surface area contributed by atoms with Crippen LogP contribution < -0.4 is 0 Å². The van der Waals surface area contributed by atoms with Crippen LogP contribution in [0.3, 0.4) is 0 Å².